The van der Waals surface area contributed by atoms with E-state index >= 15 is 0 Å². The predicted octanol–water partition coefficient (Wildman–Crippen LogP) is 2.33. The first-order chi connectivity index (χ1) is 6.71. The standard InChI is InChI=1S/C7H8F6O2/c1-2-15-6(14)4(8)3(5(9)10)7(11,12)13/h3-5H,2H2,1H3. The summed E-state index contributed by atoms with van der Waals surface area (Å²) in [6.45, 7) is 0.836. The number of halogens is 6. The van der Waals surface area contributed by atoms with Gasteiger partial charge in [-0.3, -0.25) is 0 Å². The van der Waals surface area contributed by atoms with Gasteiger partial charge in [-0.2, -0.15) is 13.2 Å². The Morgan fingerprint density at radius 1 is 1.27 bits per heavy atom. The van der Waals surface area contributed by atoms with Gasteiger partial charge < -0.3 is 4.74 Å². The van der Waals surface area contributed by atoms with E-state index in [1.54, 1.807) is 0 Å². The van der Waals surface area contributed by atoms with E-state index in [0.29, 0.717) is 0 Å². The van der Waals surface area contributed by atoms with Crippen LogP contribution in [0.15, 0.2) is 0 Å². The van der Waals surface area contributed by atoms with Crippen LogP contribution in [0.5, 0.6) is 0 Å². The molecule has 2 atom stereocenters. The van der Waals surface area contributed by atoms with E-state index in [2.05, 4.69) is 4.74 Å². The van der Waals surface area contributed by atoms with Crippen molar-refractivity contribution in [3.8, 4) is 0 Å². The number of hydrogen-bond acceptors (Lipinski definition) is 2. The van der Waals surface area contributed by atoms with E-state index in [9.17, 15) is 31.1 Å². The van der Waals surface area contributed by atoms with Crippen LogP contribution in [-0.2, 0) is 9.53 Å². The van der Waals surface area contributed by atoms with Crippen LogP contribution in [-0.4, -0.2) is 31.3 Å². The van der Waals surface area contributed by atoms with E-state index in [-0.39, 0.29) is 6.61 Å². The Labute approximate surface area is 81.2 Å². The Bertz CT molecular complexity index is 214. The largest absolute Gasteiger partial charge is 0.464 e. The number of rotatable bonds is 4. The maximum absolute atomic E-state index is 12.7. The lowest BCUT2D eigenvalue weighted by atomic mass is 10.0. The Kier molecular flexibility index (Phi) is 4.89. The molecule has 0 aliphatic heterocycles. The SMILES string of the molecule is CCOC(=O)C(F)C(C(F)F)C(F)(F)F. The Morgan fingerprint density at radius 3 is 2.00 bits per heavy atom. The van der Waals surface area contributed by atoms with Crippen molar-refractivity contribution in [3.63, 3.8) is 0 Å². The summed E-state index contributed by atoms with van der Waals surface area (Å²) < 4.78 is 76.0. The third kappa shape index (κ3) is 3.96. The number of ether oxygens (including phenoxy) is 1. The average Bonchev–Trinajstić information content (AvgIpc) is 2.00. The topological polar surface area (TPSA) is 26.3 Å². The molecule has 0 aliphatic rings. The molecule has 0 aromatic carbocycles. The van der Waals surface area contributed by atoms with Crippen LogP contribution in [0.25, 0.3) is 0 Å². The summed E-state index contributed by atoms with van der Waals surface area (Å²) in [4.78, 5) is 10.5. The van der Waals surface area contributed by atoms with Crippen molar-refractivity contribution in [2.24, 2.45) is 5.92 Å². The summed E-state index contributed by atoms with van der Waals surface area (Å²) in [5.74, 6) is -5.57. The molecule has 0 aromatic heterocycles. The Hall–Kier alpha value is -0.950. The fourth-order valence-electron chi connectivity index (χ4n) is 0.805. The highest BCUT2D eigenvalue weighted by atomic mass is 19.4. The van der Waals surface area contributed by atoms with Crippen LogP contribution in [0.2, 0.25) is 0 Å². The van der Waals surface area contributed by atoms with Gasteiger partial charge in [0.2, 0.25) is 6.17 Å². The van der Waals surface area contributed by atoms with E-state index < -0.39 is 30.7 Å². The summed E-state index contributed by atoms with van der Waals surface area (Å²) in [6, 6.07) is 0. The zero-order valence-corrected chi connectivity index (χ0v) is 7.52. The first-order valence-corrected chi connectivity index (χ1v) is 3.87. The summed E-state index contributed by atoms with van der Waals surface area (Å²) in [5, 5.41) is 0. The van der Waals surface area contributed by atoms with Gasteiger partial charge in [0, 0.05) is 0 Å². The van der Waals surface area contributed by atoms with Gasteiger partial charge in [-0.15, -0.1) is 0 Å². The van der Waals surface area contributed by atoms with Gasteiger partial charge in [-0.25, -0.2) is 18.0 Å². The molecule has 0 aliphatic carbocycles. The minimum absolute atomic E-state index is 0.382. The predicted molar refractivity (Wildman–Crippen MR) is 37.1 cm³/mol. The van der Waals surface area contributed by atoms with E-state index in [4.69, 9.17) is 0 Å². The highest BCUT2D eigenvalue weighted by molar-refractivity contribution is 5.75. The molecular weight excluding hydrogens is 230 g/mol. The Balaban J connectivity index is 4.71. The number of alkyl halides is 6. The third-order valence-corrected chi connectivity index (χ3v) is 1.48. The van der Waals surface area contributed by atoms with Crippen LogP contribution < -0.4 is 0 Å². The second-order valence-electron chi connectivity index (χ2n) is 2.56. The zero-order chi connectivity index (χ0) is 12.2. The summed E-state index contributed by atoms with van der Waals surface area (Å²) >= 11 is 0. The molecule has 0 spiro atoms. The molecule has 0 saturated carbocycles. The fourth-order valence-corrected chi connectivity index (χ4v) is 0.805. The number of carbonyl (C=O) groups excluding carboxylic acids is 1. The molecule has 0 heterocycles. The monoisotopic (exact) mass is 238 g/mol. The lowest BCUT2D eigenvalue weighted by Crippen LogP contribution is -2.42. The number of hydrogen-bond donors (Lipinski definition) is 0. The molecule has 2 unspecified atom stereocenters. The molecule has 0 radical (unpaired) electrons. The van der Waals surface area contributed by atoms with Crippen LogP contribution in [0.4, 0.5) is 26.3 Å². The highest BCUT2D eigenvalue weighted by Crippen LogP contribution is 2.35. The summed E-state index contributed by atoms with van der Waals surface area (Å²) in [6.07, 6.45) is -12.9. The van der Waals surface area contributed by atoms with Gasteiger partial charge in [-0.05, 0) is 6.92 Å². The molecule has 0 fully saturated rings. The third-order valence-electron chi connectivity index (χ3n) is 1.48. The molecule has 0 N–H and O–H groups in total. The van der Waals surface area contributed by atoms with Crippen molar-refractivity contribution in [2.75, 3.05) is 6.61 Å². The molecular formula is C7H8F6O2. The molecule has 0 saturated heterocycles. The summed E-state index contributed by atoms with van der Waals surface area (Å²) in [7, 11) is 0. The molecule has 0 bridgehead atoms. The lowest BCUT2D eigenvalue weighted by molar-refractivity contribution is -0.228. The summed E-state index contributed by atoms with van der Waals surface area (Å²) in [5.41, 5.74) is 0. The quantitative estimate of drug-likeness (QED) is 0.555. The molecule has 0 aromatic rings. The van der Waals surface area contributed by atoms with Crippen molar-refractivity contribution in [3.05, 3.63) is 0 Å². The molecule has 8 heteroatoms. The minimum atomic E-state index is -5.49. The van der Waals surface area contributed by atoms with Gasteiger partial charge in [0.15, 0.2) is 5.92 Å². The number of esters is 1. The molecule has 15 heavy (non-hydrogen) atoms. The normalized spacial score (nSPS) is 16.3. The minimum Gasteiger partial charge on any atom is -0.464 e. The van der Waals surface area contributed by atoms with E-state index in [1.807, 2.05) is 0 Å². The van der Waals surface area contributed by atoms with Crippen molar-refractivity contribution < 1.29 is 35.9 Å². The average molecular weight is 238 g/mol. The van der Waals surface area contributed by atoms with Gasteiger partial charge in [0.05, 0.1) is 6.61 Å². The smallest absolute Gasteiger partial charge is 0.400 e. The van der Waals surface area contributed by atoms with E-state index in [0.717, 1.165) is 0 Å². The van der Waals surface area contributed by atoms with Crippen molar-refractivity contribution >= 4 is 5.97 Å². The van der Waals surface area contributed by atoms with Gasteiger partial charge >= 0.3 is 12.1 Å². The van der Waals surface area contributed by atoms with Crippen LogP contribution in [0.1, 0.15) is 6.92 Å². The fraction of sp³-hybridized carbons (Fsp3) is 0.857. The van der Waals surface area contributed by atoms with Crippen molar-refractivity contribution in [1.82, 2.24) is 0 Å². The van der Waals surface area contributed by atoms with Gasteiger partial charge in [-0.1, -0.05) is 0 Å². The molecule has 90 valence electrons. The second kappa shape index (κ2) is 5.22. The van der Waals surface area contributed by atoms with Crippen LogP contribution >= 0.6 is 0 Å². The molecule has 2 nitrogen and oxygen atoms in total. The van der Waals surface area contributed by atoms with Gasteiger partial charge in [0.1, 0.15) is 0 Å². The lowest BCUT2D eigenvalue weighted by Gasteiger charge is -2.21. The molecule has 0 amide bonds. The number of carbonyl (C=O) groups is 1. The first-order valence-electron chi connectivity index (χ1n) is 3.87. The van der Waals surface area contributed by atoms with Crippen molar-refractivity contribution in [2.45, 2.75) is 25.7 Å². The maximum Gasteiger partial charge on any atom is 0.400 e. The van der Waals surface area contributed by atoms with Crippen LogP contribution in [0.3, 0.4) is 0 Å². The van der Waals surface area contributed by atoms with E-state index in [1.165, 1.54) is 6.92 Å². The highest BCUT2D eigenvalue weighted by Gasteiger charge is 2.54. The first kappa shape index (κ1) is 14.0. The maximum atomic E-state index is 12.7. The Morgan fingerprint density at radius 2 is 1.73 bits per heavy atom. The zero-order valence-electron chi connectivity index (χ0n) is 7.52. The van der Waals surface area contributed by atoms with Crippen molar-refractivity contribution in [1.29, 1.82) is 0 Å². The molecule has 0 rings (SSSR count). The van der Waals surface area contributed by atoms with Gasteiger partial charge in [0.25, 0.3) is 6.43 Å². The van der Waals surface area contributed by atoms with Crippen LogP contribution in [0, 0.1) is 5.92 Å². The second-order valence-corrected chi connectivity index (χ2v) is 2.56.